The summed E-state index contributed by atoms with van der Waals surface area (Å²) in [5, 5.41) is 3.33. The summed E-state index contributed by atoms with van der Waals surface area (Å²) >= 11 is 0. The van der Waals surface area contributed by atoms with Gasteiger partial charge >= 0.3 is 0 Å². The van der Waals surface area contributed by atoms with Crippen molar-refractivity contribution in [1.82, 2.24) is 10.2 Å². The summed E-state index contributed by atoms with van der Waals surface area (Å²) in [6.07, 6.45) is 6.29. The second-order valence-electron chi connectivity index (χ2n) is 8.78. The molecule has 4 aliphatic rings. The Morgan fingerprint density at radius 3 is 2.42 bits per heavy atom. The first kappa shape index (κ1) is 16.4. The summed E-state index contributed by atoms with van der Waals surface area (Å²) in [6.45, 7) is 6.77. The number of carbonyl (C=O) groups is 2. The molecule has 134 valence electrons. The van der Waals surface area contributed by atoms with Crippen molar-refractivity contribution in [2.45, 2.75) is 64.5 Å². The van der Waals surface area contributed by atoms with Gasteiger partial charge in [-0.25, -0.2) is 0 Å². The minimum Gasteiger partial charge on any atom is -0.377 e. The molecule has 2 aliphatic carbocycles. The first-order chi connectivity index (χ1) is 11.5. The van der Waals surface area contributed by atoms with Crippen LogP contribution in [-0.2, 0) is 14.3 Å². The predicted molar refractivity (Wildman–Crippen MR) is 90.2 cm³/mol. The van der Waals surface area contributed by atoms with Gasteiger partial charge in [-0.2, -0.15) is 0 Å². The monoisotopic (exact) mass is 334 g/mol. The molecular weight excluding hydrogens is 304 g/mol. The standard InChI is InChI=1S/C19H30N2O3/c1-19(2)15(14-4-3-11-24-16(14)19)20-17(22)12-7-9-21(10-8-12)18(23)13-5-6-13/h12-16H,3-11H2,1-2H3,(H,20,22)/t14-,15+,16+/m0/s1. The molecule has 5 heteroatoms. The third-order valence-corrected chi connectivity index (χ3v) is 6.73. The van der Waals surface area contributed by atoms with E-state index in [-0.39, 0.29) is 29.2 Å². The summed E-state index contributed by atoms with van der Waals surface area (Å²) in [7, 11) is 0. The Morgan fingerprint density at radius 2 is 1.75 bits per heavy atom. The van der Waals surface area contributed by atoms with E-state index in [9.17, 15) is 9.59 Å². The Labute approximate surface area is 144 Å². The molecule has 0 bridgehead atoms. The first-order valence-corrected chi connectivity index (χ1v) is 9.69. The zero-order chi connectivity index (χ0) is 16.9. The van der Waals surface area contributed by atoms with E-state index in [1.54, 1.807) is 0 Å². The van der Waals surface area contributed by atoms with Crippen LogP contribution in [-0.4, -0.2) is 48.6 Å². The summed E-state index contributed by atoms with van der Waals surface area (Å²) in [4.78, 5) is 26.8. The Bertz CT molecular complexity index is 521. The van der Waals surface area contributed by atoms with Crippen LogP contribution in [0.4, 0.5) is 0 Å². The van der Waals surface area contributed by atoms with E-state index in [0.29, 0.717) is 17.9 Å². The van der Waals surface area contributed by atoms with Crippen molar-refractivity contribution in [3.05, 3.63) is 0 Å². The minimum atomic E-state index is 0.0311. The minimum absolute atomic E-state index is 0.0311. The molecule has 3 atom stereocenters. The molecule has 2 amide bonds. The van der Waals surface area contributed by atoms with Gasteiger partial charge in [0.2, 0.25) is 11.8 Å². The number of fused-ring (bicyclic) bond motifs is 1. The Kier molecular flexibility index (Phi) is 4.10. The van der Waals surface area contributed by atoms with Crippen LogP contribution in [0.25, 0.3) is 0 Å². The van der Waals surface area contributed by atoms with Gasteiger partial charge in [-0.1, -0.05) is 13.8 Å². The zero-order valence-electron chi connectivity index (χ0n) is 14.9. The number of nitrogens with zero attached hydrogens (tertiary/aromatic N) is 1. The topological polar surface area (TPSA) is 58.6 Å². The molecule has 0 unspecified atom stereocenters. The van der Waals surface area contributed by atoms with E-state index >= 15 is 0 Å². The summed E-state index contributed by atoms with van der Waals surface area (Å²) in [5.41, 5.74) is 0.0311. The van der Waals surface area contributed by atoms with Gasteiger partial charge in [-0.05, 0) is 38.5 Å². The van der Waals surface area contributed by atoms with E-state index in [4.69, 9.17) is 4.74 Å². The van der Waals surface area contributed by atoms with Crippen LogP contribution < -0.4 is 5.32 Å². The molecule has 2 saturated carbocycles. The maximum absolute atomic E-state index is 12.7. The molecule has 4 rings (SSSR count). The molecular formula is C19H30N2O3. The summed E-state index contributed by atoms with van der Waals surface area (Å²) in [6, 6.07) is 0.237. The SMILES string of the molecule is CC1(C)[C@H](NC(=O)C2CCN(C(=O)C3CC3)CC2)[C@@H]2CCCO[C@H]21. The predicted octanol–water partition coefficient (Wildman–Crippen LogP) is 1.95. The lowest BCUT2D eigenvalue weighted by atomic mass is 9.55. The maximum Gasteiger partial charge on any atom is 0.225 e. The van der Waals surface area contributed by atoms with Crippen molar-refractivity contribution >= 4 is 11.8 Å². The van der Waals surface area contributed by atoms with Crippen LogP contribution in [0.5, 0.6) is 0 Å². The smallest absolute Gasteiger partial charge is 0.225 e. The van der Waals surface area contributed by atoms with E-state index in [1.807, 2.05) is 4.90 Å². The van der Waals surface area contributed by atoms with Gasteiger partial charge in [-0.15, -0.1) is 0 Å². The second-order valence-corrected chi connectivity index (χ2v) is 8.78. The summed E-state index contributed by atoms with van der Waals surface area (Å²) in [5.74, 6) is 1.34. The Hall–Kier alpha value is -1.10. The molecule has 5 nitrogen and oxygen atoms in total. The Morgan fingerprint density at radius 1 is 1.04 bits per heavy atom. The molecule has 2 aliphatic heterocycles. The highest BCUT2D eigenvalue weighted by atomic mass is 16.5. The number of hydrogen-bond donors (Lipinski definition) is 1. The van der Waals surface area contributed by atoms with Gasteiger partial charge in [0, 0.05) is 48.9 Å². The summed E-state index contributed by atoms with van der Waals surface area (Å²) < 4.78 is 5.92. The normalized spacial score (nSPS) is 35.8. The average Bonchev–Trinajstić information content (AvgIpc) is 3.44. The molecule has 24 heavy (non-hydrogen) atoms. The molecule has 0 aromatic heterocycles. The fraction of sp³-hybridized carbons (Fsp3) is 0.895. The van der Waals surface area contributed by atoms with Crippen LogP contribution in [0.3, 0.4) is 0 Å². The van der Waals surface area contributed by atoms with Crippen LogP contribution >= 0.6 is 0 Å². The van der Waals surface area contributed by atoms with Crippen molar-refractivity contribution in [2.24, 2.45) is 23.2 Å². The third kappa shape index (κ3) is 2.75. The third-order valence-electron chi connectivity index (χ3n) is 6.73. The van der Waals surface area contributed by atoms with Gasteiger partial charge in [0.15, 0.2) is 0 Å². The molecule has 2 heterocycles. The van der Waals surface area contributed by atoms with Gasteiger partial charge in [-0.3, -0.25) is 9.59 Å². The lowest BCUT2D eigenvalue weighted by Gasteiger charge is -2.60. The Balaban J connectivity index is 1.30. The fourth-order valence-electron chi connectivity index (χ4n) is 5.04. The van der Waals surface area contributed by atoms with Crippen LogP contribution in [0.15, 0.2) is 0 Å². The molecule has 0 aromatic carbocycles. The number of carbonyl (C=O) groups excluding carboxylic acids is 2. The van der Waals surface area contributed by atoms with Gasteiger partial charge in [0.25, 0.3) is 0 Å². The molecule has 0 spiro atoms. The van der Waals surface area contributed by atoms with E-state index in [0.717, 1.165) is 58.2 Å². The highest BCUT2D eigenvalue weighted by Gasteiger charge is 2.58. The number of nitrogens with one attached hydrogen (secondary N) is 1. The zero-order valence-corrected chi connectivity index (χ0v) is 14.9. The first-order valence-electron chi connectivity index (χ1n) is 9.69. The van der Waals surface area contributed by atoms with E-state index < -0.39 is 0 Å². The molecule has 4 fully saturated rings. The molecule has 0 aromatic rings. The van der Waals surface area contributed by atoms with Gasteiger partial charge in [0.1, 0.15) is 0 Å². The quantitative estimate of drug-likeness (QED) is 0.858. The molecule has 1 N–H and O–H groups in total. The number of piperidine rings is 1. The molecule has 2 saturated heterocycles. The number of likely N-dealkylation sites (tertiary alicyclic amines) is 1. The number of rotatable bonds is 3. The van der Waals surface area contributed by atoms with Crippen molar-refractivity contribution in [1.29, 1.82) is 0 Å². The van der Waals surface area contributed by atoms with Crippen molar-refractivity contribution < 1.29 is 14.3 Å². The lowest BCUT2D eigenvalue weighted by Crippen LogP contribution is -2.70. The highest BCUT2D eigenvalue weighted by molar-refractivity contribution is 5.82. The fourth-order valence-corrected chi connectivity index (χ4v) is 5.04. The largest absolute Gasteiger partial charge is 0.377 e. The van der Waals surface area contributed by atoms with Crippen molar-refractivity contribution in [3.8, 4) is 0 Å². The highest BCUT2D eigenvalue weighted by Crippen LogP contribution is 2.51. The van der Waals surface area contributed by atoms with Crippen molar-refractivity contribution in [3.63, 3.8) is 0 Å². The van der Waals surface area contributed by atoms with Crippen LogP contribution in [0.2, 0.25) is 0 Å². The van der Waals surface area contributed by atoms with Gasteiger partial charge < -0.3 is 15.0 Å². The van der Waals surface area contributed by atoms with E-state index in [2.05, 4.69) is 19.2 Å². The number of hydrogen-bond acceptors (Lipinski definition) is 3. The van der Waals surface area contributed by atoms with Crippen molar-refractivity contribution in [2.75, 3.05) is 19.7 Å². The molecule has 0 radical (unpaired) electrons. The number of ether oxygens (including phenoxy) is 1. The van der Waals surface area contributed by atoms with E-state index in [1.165, 1.54) is 0 Å². The van der Waals surface area contributed by atoms with Crippen LogP contribution in [0, 0.1) is 23.2 Å². The number of amides is 2. The van der Waals surface area contributed by atoms with Crippen LogP contribution in [0.1, 0.15) is 52.4 Å². The average molecular weight is 334 g/mol. The maximum atomic E-state index is 12.7. The lowest BCUT2D eigenvalue weighted by molar-refractivity contribution is -0.194. The second kappa shape index (κ2) is 6.01. The van der Waals surface area contributed by atoms with Gasteiger partial charge in [0.05, 0.1) is 6.10 Å².